The second kappa shape index (κ2) is 7.25. The SMILES string of the molecule is N#Cc1cccc(C(=O)NCCOc2cccc3cccnc23)c1. The molecule has 0 aliphatic carbocycles. The number of benzene rings is 2. The van der Waals surface area contributed by atoms with Gasteiger partial charge in [0.05, 0.1) is 18.2 Å². The molecule has 1 aromatic heterocycles. The summed E-state index contributed by atoms with van der Waals surface area (Å²) in [4.78, 5) is 16.4. The average Bonchev–Trinajstić information content (AvgIpc) is 2.65. The second-order valence-electron chi connectivity index (χ2n) is 5.13. The third-order valence-electron chi connectivity index (χ3n) is 3.49. The summed E-state index contributed by atoms with van der Waals surface area (Å²) >= 11 is 0. The molecule has 0 aliphatic heterocycles. The van der Waals surface area contributed by atoms with Gasteiger partial charge < -0.3 is 10.1 Å². The van der Waals surface area contributed by atoms with Crippen molar-refractivity contribution in [3.05, 3.63) is 71.9 Å². The zero-order valence-electron chi connectivity index (χ0n) is 12.9. The molecule has 2 aromatic carbocycles. The molecule has 0 bridgehead atoms. The molecule has 0 aliphatic rings. The van der Waals surface area contributed by atoms with Crippen LogP contribution in [0.2, 0.25) is 0 Å². The van der Waals surface area contributed by atoms with E-state index in [1.807, 2.05) is 36.4 Å². The zero-order chi connectivity index (χ0) is 16.8. The Morgan fingerprint density at radius 1 is 1.17 bits per heavy atom. The molecule has 1 heterocycles. The number of hydrogen-bond acceptors (Lipinski definition) is 4. The number of aromatic nitrogens is 1. The van der Waals surface area contributed by atoms with E-state index in [1.54, 1.807) is 30.5 Å². The van der Waals surface area contributed by atoms with Crippen LogP contribution < -0.4 is 10.1 Å². The number of nitrogens with one attached hydrogen (secondary N) is 1. The fraction of sp³-hybridized carbons (Fsp3) is 0.105. The van der Waals surface area contributed by atoms with Crippen LogP contribution >= 0.6 is 0 Å². The van der Waals surface area contributed by atoms with Gasteiger partial charge in [-0.15, -0.1) is 0 Å². The molecule has 0 radical (unpaired) electrons. The highest BCUT2D eigenvalue weighted by molar-refractivity contribution is 5.94. The van der Waals surface area contributed by atoms with E-state index in [9.17, 15) is 4.79 Å². The number of fused-ring (bicyclic) bond motifs is 1. The Morgan fingerprint density at radius 3 is 2.88 bits per heavy atom. The van der Waals surface area contributed by atoms with Crippen molar-refractivity contribution in [2.75, 3.05) is 13.2 Å². The molecule has 0 saturated carbocycles. The maximum Gasteiger partial charge on any atom is 0.251 e. The minimum absolute atomic E-state index is 0.230. The molecule has 3 aromatic rings. The lowest BCUT2D eigenvalue weighted by Gasteiger charge is -2.09. The summed E-state index contributed by atoms with van der Waals surface area (Å²) in [5, 5.41) is 12.6. The van der Waals surface area contributed by atoms with Crippen molar-refractivity contribution in [2.45, 2.75) is 0 Å². The maximum atomic E-state index is 12.0. The highest BCUT2D eigenvalue weighted by atomic mass is 16.5. The Kier molecular flexibility index (Phi) is 4.68. The Morgan fingerprint density at radius 2 is 2.00 bits per heavy atom. The number of amides is 1. The third kappa shape index (κ3) is 3.50. The molecule has 0 saturated heterocycles. The summed E-state index contributed by atoms with van der Waals surface area (Å²) in [6.07, 6.45) is 1.72. The number of para-hydroxylation sites is 1. The van der Waals surface area contributed by atoms with Crippen LogP contribution in [0.5, 0.6) is 5.75 Å². The molecular formula is C19H15N3O2. The standard InChI is InChI=1S/C19H15N3O2/c20-13-14-4-1-6-16(12-14)19(23)22-10-11-24-17-8-2-5-15-7-3-9-21-18(15)17/h1-9,12H,10-11H2,(H,22,23). The summed E-state index contributed by atoms with van der Waals surface area (Å²) in [6.45, 7) is 0.693. The molecule has 0 fully saturated rings. The minimum Gasteiger partial charge on any atom is -0.489 e. The van der Waals surface area contributed by atoms with Crippen LogP contribution in [0, 0.1) is 11.3 Å². The molecule has 118 valence electrons. The normalized spacial score (nSPS) is 10.1. The van der Waals surface area contributed by atoms with Gasteiger partial charge in [0.25, 0.3) is 5.91 Å². The number of ether oxygens (including phenoxy) is 1. The van der Waals surface area contributed by atoms with Crippen LogP contribution in [0.25, 0.3) is 10.9 Å². The molecule has 0 unspecified atom stereocenters. The van der Waals surface area contributed by atoms with Crippen LogP contribution in [0.4, 0.5) is 0 Å². The van der Waals surface area contributed by atoms with Gasteiger partial charge in [0.2, 0.25) is 0 Å². The first kappa shape index (κ1) is 15.5. The maximum absolute atomic E-state index is 12.0. The minimum atomic E-state index is -0.230. The molecule has 24 heavy (non-hydrogen) atoms. The number of hydrogen-bond donors (Lipinski definition) is 1. The molecule has 0 atom stereocenters. The second-order valence-corrected chi connectivity index (χ2v) is 5.13. The van der Waals surface area contributed by atoms with Crippen LogP contribution in [-0.2, 0) is 0 Å². The van der Waals surface area contributed by atoms with Crippen molar-refractivity contribution in [1.29, 1.82) is 5.26 Å². The van der Waals surface area contributed by atoms with E-state index < -0.39 is 0 Å². The van der Waals surface area contributed by atoms with Crippen molar-refractivity contribution in [3.63, 3.8) is 0 Å². The van der Waals surface area contributed by atoms with Gasteiger partial charge in [0, 0.05) is 17.1 Å². The van der Waals surface area contributed by atoms with Crippen molar-refractivity contribution >= 4 is 16.8 Å². The van der Waals surface area contributed by atoms with Crippen molar-refractivity contribution in [3.8, 4) is 11.8 Å². The van der Waals surface area contributed by atoms with Gasteiger partial charge in [-0.1, -0.05) is 24.3 Å². The van der Waals surface area contributed by atoms with Gasteiger partial charge in [0.1, 0.15) is 17.9 Å². The van der Waals surface area contributed by atoms with E-state index in [-0.39, 0.29) is 5.91 Å². The monoisotopic (exact) mass is 317 g/mol. The fourth-order valence-electron chi connectivity index (χ4n) is 2.35. The van der Waals surface area contributed by atoms with Gasteiger partial charge in [-0.25, -0.2) is 0 Å². The quantitative estimate of drug-likeness (QED) is 0.734. The lowest BCUT2D eigenvalue weighted by molar-refractivity contribution is 0.0947. The van der Waals surface area contributed by atoms with Crippen LogP contribution in [0.15, 0.2) is 60.8 Å². The smallest absolute Gasteiger partial charge is 0.251 e. The predicted molar refractivity (Wildman–Crippen MR) is 90.7 cm³/mol. The summed E-state index contributed by atoms with van der Waals surface area (Å²) in [7, 11) is 0. The van der Waals surface area contributed by atoms with Crippen molar-refractivity contribution < 1.29 is 9.53 Å². The topological polar surface area (TPSA) is 75.0 Å². The molecule has 0 spiro atoms. The van der Waals surface area contributed by atoms with E-state index in [0.29, 0.717) is 30.0 Å². The summed E-state index contributed by atoms with van der Waals surface area (Å²) in [5.74, 6) is 0.459. The molecule has 3 rings (SSSR count). The summed E-state index contributed by atoms with van der Waals surface area (Å²) in [5.41, 5.74) is 1.72. The van der Waals surface area contributed by atoms with E-state index in [0.717, 1.165) is 10.9 Å². The Hall–Kier alpha value is -3.39. The van der Waals surface area contributed by atoms with E-state index in [1.165, 1.54) is 0 Å². The Labute approximate surface area is 139 Å². The average molecular weight is 317 g/mol. The zero-order valence-corrected chi connectivity index (χ0v) is 12.9. The Balaban J connectivity index is 1.57. The van der Waals surface area contributed by atoms with E-state index in [2.05, 4.69) is 10.3 Å². The molecule has 1 amide bonds. The van der Waals surface area contributed by atoms with Gasteiger partial charge in [-0.2, -0.15) is 5.26 Å². The number of nitrogens with zero attached hydrogens (tertiary/aromatic N) is 2. The predicted octanol–water partition coefficient (Wildman–Crippen LogP) is 2.92. The Bertz CT molecular complexity index is 910. The fourth-order valence-corrected chi connectivity index (χ4v) is 2.35. The summed E-state index contributed by atoms with van der Waals surface area (Å²) in [6, 6.07) is 18.2. The lowest BCUT2D eigenvalue weighted by Crippen LogP contribution is -2.28. The van der Waals surface area contributed by atoms with E-state index in [4.69, 9.17) is 10.00 Å². The third-order valence-corrected chi connectivity index (χ3v) is 3.49. The van der Waals surface area contributed by atoms with Crippen molar-refractivity contribution in [1.82, 2.24) is 10.3 Å². The molecule has 1 N–H and O–H groups in total. The number of nitriles is 1. The molecule has 5 nitrogen and oxygen atoms in total. The number of pyridine rings is 1. The van der Waals surface area contributed by atoms with Crippen LogP contribution in [-0.4, -0.2) is 24.0 Å². The van der Waals surface area contributed by atoms with Gasteiger partial charge >= 0.3 is 0 Å². The van der Waals surface area contributed by atoms with E-state index >= 15 is 0 Å². The first-order valence-corrected chi connectivity index (χ1v) is 7.53. The van der Waals surface area contributed by atoms with Gasteiger partial charge in [0.15, 0.2) is 0 Å². The van der Waals surface area contributed by atoms with Gasteiger partial charge in [-0.3, -0.25) is 9.78 Å². The first-order chi connectivity index (χ1) is 11.8. The molecule has 5 heteroatoms. The largest absolute Gasteiger partial charge is 0.489 e. The van der Waals surface area contributed by atoms with Crippen LogP contribution in [0.1, 0.15) is 15.9 Å². The summed E-state index contributed by atoms with van der Waals surface area (Å²) < 4.78 is 5.72. The van der Waals surface area contributed by atoms with Gasteiger partial charge in [-0.05, 0) is 30.3 Å². The highest BCUT2D eigenvalue weighted by Gasteiger charge is 2.06. The lowest BCUT2D eigenvalue weighted by atomic mass is 10.1. The number of carbonyl (C=O) groups excluding carboxylic acids is 1. The number of rotatable bonds is 5. The first-order valence-electron chi connectivity index (χ1n) is 7.53. The van der Waals surface area contributed by atoms with Crippen LogP contribution in [0.3, 0.4) is 0 Å². The molecular weight excluding hydrogens is 302 g/mol. The number of carbonyl (C=O) groups is 1. The highest BCUT2D eigenvalue weighted by Crippen LogP contribution is 2.22. The van der Waals surface area contributed by atoms with Crippen molar-refractivity contribution in [2.24, 2.45) is 0 Å².